The summed E-state index contributed by atoms with van der Waals surface area (Å²) in [7, 11) is -3.65. The Hall–Kier alpha value is -2.38. The summed E-state index contributed by atoms with van der Waals surface area (Å²) in [5.41, 5.74) is 5.46. The predicted octanol–water partition coefficient (Wildman–Crippen LogP) is 3.98. The topological polar surface area (TPSA) is 108 Å². The van der Waals surface area contributed by atoms with Gasteiger partial charge in [0.15, 0.2) is 9.84 Å². The van der Waals surface area contributed by atoms with E-state index in [2.05, 4.69) is 9.72 Å². The zero-order valence-corrected chi connectivity index (χ0v) is 21.9. The van der Waals surface area contributed by atoms with Gasteiger partial charge in [-0.15, -0.1) is 13.2 Å². The Balaban J connectivity index is 1.83. The lowest BCUT2D eigenvalue weighted by Crippen LogP contribution is -2.27. The highest BCUT2D eigenvalue weighted by Crippen LogP contribution is 2.37. The zero-order valence-electron chi connectivity index (χ0n) is 19.6. The second-order valence-corrected chi connectivity index (χ2v) is 11.8. The van der Waals surface area contributed by atoms with Gasteiger partial charge in [-0.3, -0.25) is 14.3 Å². The number of alkyl halides is 3. The standard InChI is InChI=1S/C23H23Cl2F3N4O4S/c1-2-37(34,35)19-4-3-14(24)7-13(19)9-32-12-30-21-16(22(32)33)8-18(36-23(26,27)28)17(20(21)25)11-31-6-5-15(29)10-31/h3-4,7-8,12,15H,2,5-6,9-11,29H2,1H3/t15-/m1/s1. The number of hydrogen-bond acceptors (Lipinski definition) is 7. The van der Waals surface area contributed by atoms with Gasteiger partial charge >= 0.3 is 6.36 Å². The number of sulfone groups is 1. The molecule has 4 rings (SSSR count). The van der Waals surface area contributed by atoms with Crippen molar-refractivity contribution in [2.24, 2.45) is 5.73 Å². The molecule has 0 unspecified atom stereocenters. The maximum Gasteiger partial charge on any atom is 0.573 e. The fourth-order valence-electron chi connectivity index (χ4n) is 4.30. The third kappa shape index (κ3) is 6.04. The highest BCUT2D eigenvalue weighted by atomic mass is 35.5. The summed E-state index contributed by atoms with van der Waals surface area (Å²) in [5.74, 6) is -0.788. The highest BCUT2D eigenvalue weighted by Gasteiger charge is 2.34. The number of nitrogens with zero attached hydrogens (tertiary/aromatic N) is 3. The molecule has 1 fully saturated rings. The summed E-state index contributed by atoms with van der Waals surface area (Å²) in [6.45, 7) is 2.31. The summed E-state index contributed by atoms with van der Waals surface area (Å²) < 4.78 is 70.2. The summed E-state index contributed by atoms with van der Waals surface area (Å²) >= 11 is 12.5. The van der Waals surface area contributed by atoms with Crippen LogP contribution in [0.15, 0.2) is 40.3 Å². The molecule has 8 nitrogen and oxygen atoms in total. The quantitative estimate of drug-likeness (QED) is 0.452. The number of aromatic nitrogens is 2. The van der Waals surface area contributed by atoms with Crippen LogP contribution >= 0.6 is 23.2 Å². The van der Waals surface area contributed by atoms with Gasteiger partial charge in [0.05, 0.1) is 39.4 Å². The molecule has 0 aliphatic carbocycles. The molecule has 1 aliphatic rings. The molecule has 2 heterocycles. The molecule has 0 spiro atoms. The molecule has 1 saturated heterocycles. The van der Waals surface area contributed by atoms with E-state index in [-0.39, 0.29) is 61.9 Å². The number of ether oxygens (including phenoxy) is 1. The van der Waals surface area contributed by atoms with Crippen molar-refractivity contribution < 1.29 is 26.3 Å². The van der Waals surface area contributed by atoms with Crippen LogP contribution in [0.4, 0.5) is 13.2 Å². The first-order valence-electron chi connectivity index (χ1n) is 11.2. The van der Waals surface area contributed by atoms with Crippen LogP contribution < -0.4 is 16.0 Å². The van der Waals surface area contributed by atoms with Gasteiger partial charge in [0.25, 0.3) is 5.56 Å². The van der Waals surface area contributed by atoms with E-state index < -0.39 is 27.5 Å². The molecule has 3 aromatic rings. The van der Waals surface area contributed by atoms with Crippen LogP contribution in [-0.2, 0) is 22.9 Å². The predicted molar refractivity (Wildman–Crippen MR) is 134 cm³/mol. The zero-order chi connectivity index (χ0) is 27.1. The second kappa shape index (κ2) is 10.4. The average Bonchev–Trinajstić information content (AvgIpc) is 3.22. The van der Waals surface area contributed by atoms with Crippen molar-refractivity contribution in [2.75, 3.05) is 18.8 Å². The van der Waals surface area contributed by atoms with Gasteiger partial charge in [-0.05, 0) is 36.2 Å². The molecule has 14 heteroatoms. The molecule has 1 atom stereocenters. The van der Waals surface area contributed by atoms with E-state index in [4.69, 9.17) is 28.9 Å². The summed E-state index contributed by atoms with van der Waals surface area (Å²) in [6, 6.07) is 5.04. The molecule has 1 aliphatic heterocycles. The van der Waals surface area contributed by atoms with Gasteiger partial charge in [0.2, 0.25) is 0 Å². The highest BCUT2D eigenvalue weighted by molar-refractivity contribution is 7.91. The number of nitrogens with two attached hydrogens (primary N) is 1. The van der Waals surface area contributed by atoms with E-state index in [0.29, 0.717) is 19.5 Å². The molecule has 0 radical (unpaired) electrons. The van der Waals surface area contributed by atoms with Crippen LogP contribution in [0.1, 0.15) is 24.5 Å². The Morgan fingerprint density at radius 3 is 2.57 bits per heavy atom. The normalized spacial score (nSPS) is 17.0. The minimum Gasteiger partial charge on any atom is -0.405 e. The van der Waals surface area contributed by atoms with Gasteiger partial charge in [-0.1, -0.05) is 30.1 Å². The Bertz CT molecular complexity index is 1510. The van der Waals surface area contributed by atoms with Crippen molar-refractivity contribution in [2.45, 2.75) is 43.7 Å². The van der Waals surface area contributed by atoms with Gasteiger partial charge in [-0.25, -0.2) is 13.4 Å². The Labute approximate surface area is 220 Å². The van der Waals surface area contributed by atoms with Crippen LogP contribution in [0.3, 0.4) is 0 Å². The van der Waals surface area contributed by atoms with E-state index in [1.165, 1.54) is 31.5 Å². The van der Waals surface area contributed by atoms with Crippen LogP contribution in [0.5, 0.6) is 5.75 Å². The van der Waals surface area contributed by atoms with Gasteiger partial charge in [0, 0.05) is 36.3 Å². The molecular weight excluding hydrogens is 556 g/mol. The first-order valence-corrected chi connectivity index (χ1v) is 13.6. The molecular formula is C23H23Cl2F3N4O4S. The lowest BCUT2D eigenvalue weighted by molar-refractivity contribution is -0.274. The van der Waals surface area contributed by atoms with Crippen LogP contribution in [0.2, 0.25) is 10.0 Å². The van der Waals surface area contributed by atoms with Crippen molar-refractivity contribution in [3.8, 4) is 5.75 Å². The number of likely N-dealkylation sites (tertiary alicyclic amines) is 1. The molecule has 0 bridgehead atoms. The Morgan fingerprint density at radius 1 is 1.22 bits per heavy atom. The summed E-state index contributed by atoms with van der Waals surface area (Å²) in [4.78, 5) is 19.4. The second-order valence-electron chi connectivity index (χ2n) is 8.73. The molecule has 37 heavy (non-hydrogen) atoms. The number of rotatable bonds is 7. The van der Waals surface area contributed by atoms with Gasteiger partial charge in [0.1, 0.15) is 5.75 Å². The van der Waals surface area contributed by atoms with Crippen molar-refractivity contribution in [3.63, 3.8) is 0 Å². The first-order chi connectivity index (χ1) is 17.3. The molecule has 1 aromatic heterocycles. The van der Waals surface area contributed by atoms with Crippen LogP contribution in [0.25, 0.3) is 10.9 Å². The van der Waals surface area contributed by atoms with Crippen molar-refractivity contribution in [3.05, 3.63) is 62.1 Å². The lowest BCUT2D eigenvalue weighted by Gasteiger charge is -2.21. The van der Waals surface area contributed by atoms with Crippen LogP contribution in [-0.4, -0.2) is 54.1 Å². The number of hydrogen-bond donors (Lipinski definition) is 1. The first kappa shape index (κ1) is 27.6. The molecule has 2 aromatic carbocycles. The van der Waals surface area contributed by atoms with Crippen molar-refractivity contribution in [1.29, 1.82) is 0 Å². The van der Waals surface area contributed by atoms with E-state index in [0.717, 1.165) is 10.6 Å². The number of fused-ring (bicyclic) bond motifs is 1. The Morgan fingerprint density at radius 2 is 1.95 bits per heavy atom. The van der Waals surface area contributed by atoms with Gasteiger partial charge in [-0.2, -0.15) is 0 Å². The van der Waals surface area contributed by atoms with E-state index >= 15 is 0 Å². The average molecular weight is 579 g/mol. The molecule has 200 valence electrons. The summed E-state index contributed by atoms with van der Waals surface area (Å²) in [6.07, 6.45) is -3.18. The minimum absolute atomic E-state index is 0.00318. The third-order valence-electron chi connectivity index (χ3n) is 6.11. The van der Waals surface area contributed by atoms with Crippen LogP contribution in [0, 0.1) is 0 Å². The van der Waals surface area contributed by atoms with Crippen molar-refractivity contribution >= 4 is 43.9 Å². The fraction of sp³-hybridized carbons (Fsp3) is 0.391. The van der Waals surface area contributed by atoms with Gasteiger partial charge < -0.3 is 10.5 Å². The summed E-state index contributed by atoms with van der Waals surface area (Å²) in [5, 5.41) is -0.101. The minimum atomic E-state index is -5.03. The lowest BCUT2D eigenvalue weighted by atomic mass is 10.1. The molecule has 0 amide bonds. The maximum atomic E-state index is 13.3. The SMILES string of the molecule is CCS(=O)(=O)c1ccc(Cl)cc1Cn1cnc2c(Cl)c(CN3CC[C@@H](N)C3)c(OC(F)(F)F)cc2c1=O. The molecule has 0 saturated carbocycles. The number of benzene rings is 2. The number of halogens is 5. The van der Waals surface area contributed by atoms with E-state index in [1.54, 1.807) is 0 Å². The monoisotopic (exact) mass is 578 g/mol. The van der Waals surface area contributed by atoms with Crippen molar-refractivity contribution in [1.82, 2.24) is 14.5 Å². The Kier molecular flexibility index (Phi) is 7.78. The molecule has 2 N–H and O–H groups in total. The smallest absolute Gasteiger partial charge is 0.405 e. The largest absolute Gasteiger partial charge is 0.573 e. The van der Waals surface area contributed by atoms with E-state index in [9.17, 15) is 26.4 Å². The maximum absolute atomic E-state index is 13.3. The third-order valence-corrected chi connectivity index (χ3v) is 8.58. The van der Waals surface area contributed by atoms with E-state index in [1.807, 2.05) is 4.90 Å². The fourth-order valence-corrected chi connectivity index (χ4v) is 5.91.